The number of ether oxygens (including phenoxy) is 7. The Labute approximate surface area is 146 Å². The molecule has 0 radical (unpaired) electrons. The van der Waals surface area contributed by atoms with E-state index in [4.69, 9.17) is 33.2 Å². The number of hydrogen-bond donors (Lipinski definition) is 0. The van der Waals surface area contributed by atoms with E-state index in [0.717, 1.165) is 0 Å². The van der Waals surface area contributed by atoms with Crippen molar-refractivity contribution < 1.29 is 33.2 Å². The molecule has 0 amide bonds. The molecule has 1 aromatic rings. The molecule has 1 saturated heterocycles. The van der Waals surface area contributed by atoms with Gasteiger partial charge in [0.1, 0.15) is 30.5 Å². The van der Waals surface area contributed by atoms with Gasteiger partial charge in [0, 0.05) is 28.4 Å². The molecule has 1 aliphatic rings. The lowest BCUT2D eigenvalue weighted by atomic mass is 9.94. The van der Waals surface area contributed by atoms with Gasteiger partial charge in [-0.3, -0.25) is 0 Å². The smallest absolute Gasteiger partial charge is 0.322 e. The van der Waals surface area contributed by atoms with Crippen LogP contribution in [0.5, 0.6) is 12.0 Å². The van der Waals surface area contributed by atoms with Crippen molar-refractivity contribution >= 4 is 0 Å². The van der Waals surface area contributed by atoms with E-state index >= 15 is 0 Å². The van der Waals surface area contributed by atoms with Crippen LogP contribution < -0.4 is 9.47 Å². The summed E-state index contributed by atoms with van der Waals surface area (Å²) in [5, 5.41) is 0. The maximum absolute atomic E-state index is 6.13. The van der Waals surface area contributed by atoms with Crippen LogP contribution >= 0.6 is 0 Å². The highest BCUT2D eigenvalue weighted by molar-refractivity contribution is 5.11. The van der Waals surface area contributed by atoms with E-state index in [9.17, 15) is 0 Å². The Hall–Kier alpha value is -1.59. The molecule has 2 rings (SSSR count). The van der Waals surface area contributed by atoms with Gasteiger partial charge in [0.25, 0.3) is 0 Å². The van der Waals surface area contributed by atoms with E-state index in [0.29, 0.717) is 12.4 Å². The summed E-state index contributed by atoms with van der Waals surface area (Å²) in [6, 6.07) is 0.234. The highest BCUT2D eigenvalue weighted by atomic mass is 16.6. The third-order valence-corrected chi connectivity index (χ3v) is 4.01. The molecular weight excluding hydrogens is 334 g/mol. The van der Waals surface area contributed by atoms with E-state index in [2.05, 4.69) is 15.0 Å². The van der Waals surface area contributed by atoms with Gasteiger partial charge < -0.3 is 33.2 Å². The monoisotopic (exact) mass is 359 g/mol. The zero-order valence-electron chi connectivity index (χ0n) is 15.3. The SMILES string of the molecule is COC[C@H]1O[C@H](c2nc(OC)nc(OC)n2)[C@@H](OC)[C@@H](OC)[C@@H]1OC. The summed E-state index contributed by atoms with van der Waals surface area (Å²) < 4.78 is 38.4. The minimum Gasteiger partial charge on any atom is -0.467 e. The summed E-state index contributed by atoms with van der Waals surface area (Å²) in [4.78, 5) is 12.5. The van der Waals surface area contributed by atoms with Crippen LogP contribution in [0, 0.1) is 0 Å². The van der Waals surface area contributed by atoms with E-state index in [1.165, 1.54) is 14.2 Å². The Balaban J connectivity index is 2.43. The van der Waals surface area contributed by atoms with Crippen LogP contribution in [0.25, 0.3) is 0 Å². The Kier molecular flexibility index (Phi) is 7.26. The molecule has 1 aromatic heterocycles. The van der Waals surface area contributed by atoms with Crippen LogP contribution in [-0.2, 0) is 23.7 Å². The van der Waals surface area contributed by atoms with Crippen molar-refractivity contribution in [3.63, 3.8) is 0 Å². The van der Waals surface area contributed by atoms with Gasteiger partial charge >= 0.3 is 12.0 Å². The minimum atomic E-state index is -0.646. The normalized spacial score (nSPS) is 29.4. The average Bonchev–Trinajstić information content (AvgIpc) is 2.66. The van der Waals surface area contributed by atoms with E-state index in [1.807, 2.05) is 0 Å². The maximum Gasteiger partial charge on any atom is 0.322 e. The molecule has 0 spiro atoms. The molecule has 0 N–H and O–H groups in total. The quantitative estimate of drug-likeness (QED) is 0.631. The molecule has 1 aliphatic heterocycles. The first-order valence-electron chi connectivity index (χ1n) is 7.70. The van der Waals surface area contributed by atoms with Gasteiger partial charge in [-0.05, 0) is 0 Å². The van der Waals surface area contributed by atoms with Crippen molar-refractivity contribution in [1.82, 2.24) is 15.0 Å². The highest BCUT2D eigenvalue weighted by Crippen LogP contribution is 2.35. The second-order valence-corrected chi connectivity index (χ2v) is 5.32. The Morgan fingerprint density at radius 3 is 1.76 bits per heavy atom. The molecule has 5 atom stereocenters. The molecule has 0 aliphatic carbocycles. The molecular formula is C15H25N3O7. The number of nitrogens with zero attached hydrogens (tertiary/aromatic N) is 3. The molecule has 0 unspecified atom stereocenters. The van der Waals surface area contributed by atoms with Crippen LogP contribution in [0.1, 0.15) is 11.9 Å². The lowest BCUT2D eigenvalue weighted by molar-refractivity contribution is -0.253. The molecule has 10 nitrogen and oxygen atoms in total. The van der Waals surface area contributed by atoms with Gasteiger partial charge in [0.15, 0.2) is 5.82 Å². The predicted octanol–water partition coefficient (Wildman–Crippen LogP) is 0.0201. The Bertz CT molecular complexity index is 526. The lowest BCUT2D eigenvalue weighted by Crippen LogP contribution is -2.57. The summed E-state index contributed by atoms with van der Waals surface area (Å²) in [6.45, 7) is 0.310. The number of hydrogen-bond acceptors (Lipinski definition) is 10. The van der Waals surface area contributed by atoms with Crippen LogP contribution in [0.2, 0.25) is 0 Å². The molecule has 0 bridgehead atoms. The van der Waals surface area contributed by atoms with Crippen LogP contribution in [0.3, 0.4) is 0 Å². The number of rotatable bonds is 8. The fraction of sp³-hybridized carbons (Fsp3) is 0.800. The largest absolute Gasteiger partial charge is 0.467 e. The Morgan fingerprint density at radius 1 is 0.760 bits per heavy atom. The maximum atomic E-state index is 6.13. The van der Waals surface area contributed by atoms with Crippen LogP contribution in [0.4, 0.5) is 0 Å². The van der Waals surface area contributed by atoms with Crippen molar-refractivity contribution in [2.45, 2.75) is 30.5 Å². The zero-order chi connectivity index (χ0) is 18.4. The van der Waals surface area contributed by atoms with Gasteiger partial charge in [-0.1, -0.05) is 0 Å². The van der Waals surface area contributed by atoms with Crippen molar-refractivity contribution in [3.8, 4) is 12.0 Å². The fourth-order valence-electron chi connectivity index (χ4n) is 2.89. The molecule has 1 fully saturated rings. The first-order valence-corrected chi connectivity index (χ1v) is 7.70. The zero-order valence-corrected chi connectivity index (χ0v) is 15.3. The topological polar surface area (TPSA) is 103 Å². The van der Waals surface area contributed by atoms with Gasteiger partial charge in [0.05, 0.1) is 20.8 Å². The van der Waals surface area contributed by atoms with Crippen LogP contribution in [0.15, 0.2) is 0 Å². The van der Waals surface area contributed by atoms with Crippen molar-refractivity contribution in [2.24, 2.45) is 0 Å². The van der Waals surface area contributed by atoms with Crippen LogP contribution in [-0.4, -0.2) is 88.6 Å². The van der Waals surface area contributed by atoms with Crippen molar-refractivity contribution in [2.75, 3.05) is 49.3 Å². The highest BCUT2D eigenvalue weighted by Gasteiger charge is 2.48. The standard InChI is InChI=1S/C15H25N3O7/c1-19-7-8-9(20-2)10(21-3)11(22-4)12(25-8)13-16-14(23-5)18-15(17-13)24-6/h8-12H,7H2,1-6H3/t8-,9-,10+,11+,12+/m1/s1. The van der Waals surface area contributed by atoms with Crippen molar-refractivity contribution in [1.29, 1.82) is 0 Å². The first-order chi connectivity index (χ1) is 12.1. The van der Waals surface area contributed by atoms with E-state index in [-0.39, 0.29) is 18.1 Å². The number of aromatic nitrogens is 3. The van der Waals surface area contributed by atoms with Gasteiger partial charge in [0.2, 0.25) is 0 Å². The van der Waals surface area contributed by atoms with E-state index < -0.39 is 24.4 Å². The summed E-state index contributed by atoms with van der Waals surface area (Å²) in [5.74, 6) is 0.313. The molecule has 0 aromatic carbocycles. The lowest BCUT2D eigenvalue weighted by Gasteiger charge is -2.44. The number of methoxy groups -OCH3 is 6. The first kappa shape index (κ1) is 19.7. The van der Waals surface area contributed by atoms with Gasteiger partial charge in [-0.25, -0.2) is 0 Å². The summed E-state index contributed by atoms with van der Waals surface area (Å²) in [6.07, 6.45) is -2.35. The molecule has 25 heavy (non-hydrogen) atoms. The molecule has 10 heteroatoms. The summed E-state index contributed by atoms with van der Waals surface area (Å²) >= 11 is 0. The van der Waals surface area contributed by atoms with Crippen molar-refractivity contribution in [3.05, 3.63) is 5.82 Å². The molecule has 2 heterocycles. The third kappa shape index (κ3) is 4.15. The Morgan fingerprint density at radius 2 is 1.32 bits per heavy atom. The van der Waals surface area contributed by atoms with Gasteiger partial charge in [-0.15, -0.1) is 4.98 Å². The van der Waals surface area contributed by atoms with E-state index in [1.54, 1.807) is 28.4 Å². The summed E-state index contributed by atoms with van der Waals surface area (Å²) in [7, 11) is 9.24. The summed E-state index contributed by atoms with van der Waals surface area (Å²) in [5.41, 5.74) is 0. The predicted molar refractivity (Wildman–Crippen MR) is 84.8 cm³/mol. The second-order valence-electron chi connectivity index (χ2n) is 5.32. The minimum absolute atomic E-state index is 0.117. The fourth-order valence-corrected chi connectivity index (χ4v) is 2.89. The molecule has 0 saturated carbocycles. The molecule has 142 valence electrons. The third-order valence-electron chi connectivity index (χ3n) is 4.01. The van der Waals surface area contributed by atoms with Gasteiger partial charge in [-0.2, -0.15) is 9.97 Å². The average molecular weight is 359 g/mol. The second kappa shape index (κ2) is 9.20.